The van der Waals surface area contributed by atoms with E-state index in [1.54, 1.807) is 23.0 Å². The minimum absolute atomic E-state index is 0.0101. The van der Waals surface area contributed by atoms with Gasteiger partial charge >= 0.3 is 0 Å². The van der Waals surface area contributed by atoms with Crippen LogP contribution in [-0.2, 0) is 10.2 Å². The van der Waals surface area contributed by atoms with Crippen molar-refractivity contribution in [3.8, 4) is 5.69 Å². The van der Waals surface area contributed by atoms with Crippen LogP contribution in [0.5, 0.6) is 0 Å². The lowest BCUT2D eigenvalue weighted by atomic mass is 9.87. The van der Waals surface area contributed by atoms with Crippen molar-refractivity contribution in [1.29, 1.82) is 0 Å². The van der Waals surface area contributed by atoms with Gasteiger partial charge in [-0.15, -0.1) is 10.2 Å². The zero-order valence-corrected chi connectivity index (χ0v) is 16.9. The highest BCUT2D eigenvalue weighted by Crippen LogP contribution is 2.22. The number of rotatable bonds is 5. The molecule has 0 saturated carbocycles. The fourth-order valence-electron chi connectivity index (χ4n) is 2.58. The van der Waals surface area contributed by atoms with Crippen LogP contribution in [0.2, 0.25) is 0 Å². The highest BCUT2D eigenvalue weighted by Gasteiger charge is 2.16. The summed E-state index contributed by atoms with van der Waals surface area (Å²) in [6.45, 7) is 6.32. The van der Waals surface area contributed by atoms with Gasteiger partial charge in [0.1, 0.15) is 6.33 Å². The van der Waals surface area contributed by atoms with E-state index in [2.05, 4.69) is 36.3 Å². The van der Waals surface area contributed by atoms with E-state index < -0.39 is 5.91 Å². The molecule has 0 aliphatic carbocycles. The Kier molecular flexibility index (Phi) is 5.94. The van der Waals surface area contributed by atoms with E-state index in [1.165, 1.54) is 11.8 Å². The van der Waals surface area contributed by atoms with Gasteiger partial charge in [0.05, 0.1) is 5.75 Å². The molecule has 2 amide bonds. The van der Waals surface area contributed by atoms with Crippen LogP contribution >= 0.6 is 11.8 Å². The van der Waals surface area contributed by atoms with Crippen LogP contribution in [0.1, 0.15) is 36.7 Å². The lowest BCUT2D eigenvalue weighted by Gasteiger charge is -2.18. The van der Waals surface area contributed by atoms with Gasteiger partial charge < -0.3 is 0 Å². The van der Waals surface area contributed by atoms with Crippen LogP contribution in [0.3, 0.4) is 0 Å². The van der Waals surface area contributed by atoms with E-state index in [9.17, 15) is 9.59 Å². The molecule has 28 heavy (non-hydrogen) atoms. The van der Waals surface area contributed by atoms with Crippen molar-refractivity contribution in [1.82, 2.24) is 20.1 Å². The van der Waals surface area contributed by atoms with E-state index in [-0.39, 0.29) is 17.1 Å². The van der Waals surface area contributed by atoms with Crippen LogP contribution in [0.15, 0.2) is 66.1 Å². The summed E-state index contributed by atoms with van der Waals surface area (Å²) in [6, 6.07) is 16.9. The Labute approximate surface area is 168 Å². The van der Waals surface area contributed by atoms with Crippen molar-refractivity contribution in [3.05, 3.63) is 72.1 Å². The summed E-state index contributed by atoms with van der Waals surface area (Å²) in [7, 11) is 0. The molecule has 0 aliphatic heterocycles. The van der Waals surface area contributed by atoms with Gasteiger partial charge in [-0.2, -0.15) is 0 Å². The van der Waals surface area contributed by atoms with E-state index in [0.717, 1.165) is 11.3 Å². The third-order valence-electron chi connectivity index (χ3n) is 4.15. The molecule has 0 unspecified atom stereocenters. The van der Waals surface area contributed by atoms with E-state index >= 15 is 0 Å². The molecule has 0 bridgehead atoms. The number of hydrogen-bond donors (Lipinski definition) is 1. The van der Waals surface area contributed by atoms with Crippen LogP contribution in [-0.4, -0.2) is 32.3 Å². The summed E-state index contributed by atoms with van der Waals surface area (Å²) < 4.78 is 1.80. The second-order valence-corrected chi connectivity index (χ2v) is 8.25. The molecule has 0 atom stereocenters. The number of hydrogen-bond acceptors (Lipinski definition) is 5. The maximum absolute atomic E-state index is 12.3. The summed E-state index contributed by atoms with van der Waals surface area (Å²) in [5.74, 6) is -0.717. The van der Waals surface area contributed by atoms with Gasteiger partial charge in [0, 0.05) is 11.3 Å². The highest BCUT2D eigenvalue weighted by atomic mass is 32.2. The molecule has 7 heteroatoms. The minimum atomic E-state index is -0.407. The van der Waals surface area contributed by atoms with E-state index in [1.807, 2.05) is 42.5 Å². The standard InChI is InChI=1S/C21H22N4O2S/c1-21(2,3)16-11-9-15(10-12-16)19(27)23-18(26)13-28-20-24-22-14-25(20)17-7-5-4-6-8-17/h4-12,14H,13H2,1-3H3,(H,23,26,27). The number of thioether (sulfide) groups is 1. The molecule has 1 N–H and O–H groups in total. The molecule has 0 saturated heterocycles. The summed E-state index contributed by atoms with van der Waals surface area (Å²) in [5, 5.41) is 11.0. The first-order valence-corrected chi connectivity index (χ1v) is 9.86. The second kappa shape index (κ2) is 8.39. The number of benzene rings is 2. The third kappa shape index (κ3) is 4.86. The number of aromatic nitrogens is 3. The number of para-hydroxylation sites is 1. The zero-order valence-electron chi connectivity index (χ0n) is 16.0. The molecule has 144 valence electrons. The Morgan fingerprint density at radius 3 is 2.36 bits per heavy atom. The highest BCUT2D eigenvalue weighted by molar-refractivity contribution is 7.99. The quantitative estimate of drug-likeness (QED) is 0.669. The fraction of sp³-hybridized carbons (Fsp3) is 0.238. The first-order chi connectivity index (χ1) is 13.3. The van der Waals surface area contributed by atoms with Crippen molar-refractivity contribution in [3.63, 3.8) is 0 Å². The van der Waals surface area contributed by atoms with Crippen LogP contribution in [0.25, 0.3) is 5.69 Å². The predicted octanol–water partition coefficient (Wildman–Crippen LogP) is 3.61. The Hall–Kier alpha value is -2.93. The molecule has 2 aromatic carbocycles. The number of carbonyl (C=O) groups excluding carboxylic acids is 2. The smallest absolute Gasteiger partial charge is 0.257 e. The summed E-state index contributed by atoms with van der Waals surface area (Å²) >= 11 is 1.22. The predicted molar refractivity (Wildman–Crippen MR) is 110 cm³/mol. The molecule has 1 heterocycles. The van der Waals surface area contributed by atoms with Crippen LogP contribution in [0.4, 0.5) is 0 Å². The Balaban J connectivity index is 1.58. The van der Waals surface area contributed by atoms with Crippen LogP contribution in [0, 0.1) is 0 Å². The maximum atomic E-state index is 12.3. The van der Waals surface area contributed by atoms with Gasteiger partial charge in [0.15, 0.2) is 5.16 Å². The van der Waals surface area contributed by atoms with E-state index in [0.29, 0.717) is 10.7 Å². The first kappa shape index (κ1) is 19.8. The van der Waals surface area contributed by atoms with Gasteiger partial charge in [-0.1, -0.05) is 62.9 Å². The summed E-state index contributed by atoms with van der Waals surface area (Å²) in [6.07, 6.45) is 1.59. The molecule has 0 radical (unpaired) electrons. The van der Waals surface area contributed by atoms with Crippen molar-refractivity contribution in [2.75, 3.05) is 5.75 Å². The third-order valence-corrected chi connectivity index (χ3v) is 5.09. The molecule has 0 spiro atoms. The molecule has 6 nitrogen and oxygen atoms in total. The number of nitrogens with zero attached hydrogens (tertiary/aromatic N) is 3. The summed E-state index contributed by atoms with van der Waals surface area (Å²) in [4.78, 5) is 24.5. The van der Waals surface area contributed by atoms with Gasteiger partial charge in [-0.05, 0) is 35.2 Å². The number of amides is 2. The van der Waals surface area contributed by atoms with Gasteiger partial charge in [0.2, 0.25) is 5.91 Å². The van der Waals surface area contributed by atoms with Gasteiger partial charge in [-0.25, -0.2) is 0 Å². The normalized spacial score (nSPS) is 11.2. The van der Waals surface area contributed by atoms with Gasteiger partial charge in [-0.3, -0.25) is 19.5 Å². The van der Waals surface area contributed by atoms with Crippen molar-refractivity contribution in [2.24, 2.45) is 0 Å². The average Bonchev–Trinajstić information content (AvgIpc) is 3.15. The molecule has 0 aliphatic rings. The lowest BCUT2D eigenvalue weighted by molar-refractivity contribution is -0.117. The fourth-order valence-corrected chi connectivity index (χ4v) is 3.30. The summed E-state index contributed by atoms with van der Waals surface area (Å²) in [5.41, 5.74) is 2.51. The van der Waals surface area contributed by atoms with Gasteiger partial charge in [0.25, 0.3) is 5.91 Å². The largest absolute Gasteiger partial charge is 0.292 e. The molecule has 3 rings (SSSR count). The van der Waals surface area contributed by atoms with Crippen molar-refractivity contribution >= 4 is 23.6 Å². The van der Waals surface area contributed by atoms with E-state index in [4.69, 9.17) is 0 Å². The first-order valence-electron chi connectivity index (χ1n) is 8.87. The molecular formula is C21H22N4O2S. The Bertz CT molecular complexity index is 960. The Morgan fingerprint density at radius 2 is 1.71 bits per heavy atom. The number of nitrogens with one attached hydrogen (secondary N) is 1. The SMILES string of the molecule is CC(C)(C)c1ccc(C(=O)NC(=O)CSc2nncn2-c2ccccc2)cc1. The topological polar surface area (TPSA) is 76.9 Å². The van der Waals surface area contributed by atoms with Crippen molar-refractivity contribution < 1.29 is 9.59 Å². The maximum Gasteiger partial charge on any atom is 0.257 e. The lowest BCUT2D eigenvalue weighted by Crippen LogP contribution is -2.32. The number of imide groups is 1. The molecule has 0 fully saturated rings. The Morgan fingerprint density at radius 1 is 1.04 bits per heavy atom. The molecule has 3 aromatic rings. The molecule has 1 aromatic heterocycles. The molecular weight excluding hydrogens is 372 g/mol. The van der Waals surface area contributed by atoms with Crippen molar-refractivity contribution in [2.45, 2.75) is 31.3 Å². The average molecular weight is 395 g/mol. The zero-order chi connectivity index (χ0) is 20.1. The van der Waals surface area contributed by atoms with Crippen LogP contribution < -0.4 is 5.32 Å². The minimum Gasteiger partial charge on any atom is -0.292 e. The second-order valence-electron chi connectivity index (χ2n) is 7.31. The monoisotopic (exact) mass is 394 g/mol. The number of carbonyl (C=O) groups is 2.